The first-order chi connectivity index (χ1) is 9.43. The summed E-state index contributed by atoms with van der Waals surface area (Å²) in [5.41, 5.74) is 1.70. The Morgan fingerprint density at radius 3 is 2.45 bits per heavy atom. The molecule has 1 aromatic rings. The second-order valence-electron chi connectivity index (χ2n) is 5.38. The predicted molar refractivity (Wildman–Crippen MR) is 80.3 cm³/mol. The van der Waals surface area contributed by atoms with E-state index in [1.54, 1.807) is 13.8 Å². The smallest absolute Gasteiger partial charge is 0.143 e. The molecule has 0 aromatic heterocycles. The van der Waals surface area contributed by atoms with Gasteiger partial charge >= 0.3 is 0 Å². The molecule has 0 bridgehead atoms. The van der Waals surface area contributed by atoms with Crippen molar-refractivity contribution in [3.8, 4) is 0 Å². The second kappa shape index (κ2) is 7.98. The number of hydrogen-bond acceptors (Lipinski definition) is 3. The van der Waals surface area contributed by atoms with E-state index in [1.165, 1.54) is 0 Å². The van der Waals surface area contributed by atoms with Crippen molar-refractivity contribution in [3.05, 3.63) is 48.0 Å². The molecule has 0 fully saturated rings. The van der Waals surface area contributed by atoms with E-state index < -0.39 is 12.0 Å². The van der Waals surface area contributed by atoms with Crippen LogP contribution in [0.25, 0.3) is 0 Å². The van der Waals surface area contributed by atoms with Crippen LogP contribution < -0.4 is 0 Å². The van der Waals surface area contributed by atoms with Crippen molar-refractivity contribution in [1.82, 2.24) is 0 Å². The third-order valence-electron chi connectivity index (χ3n) is 3.39. The number of carbonyl (C=O) groups is 1. The zero-order valence-electron chi connectivity index (χ0n) is 12.5. The molecule has 0 heterocycles. The molecule has 0 saturated carbocycles. The SMILES string of the molecule is C=C(C)[C@H](O)[C@H](C)C(=O)[C@@H](C)COCc1ccccc1. The number of aliphatic hydroxyl groups excluding tert-OH is 1. The Morgan fingerprint density at radius 1 is 1.30 bits per heavy atom. The van der Waals surface area contributed by atoms with Crippen molar-refractivity contribution in [2.24, 2.45) is 11.8 Å². The van der Waals surface area contributed by atoms with E-state index in [0.717, 1.165) is 5.56 Å². The van der Waals surface area contributed by atoms with Crippen molar-refractivity contribution in [3.63, 3.8) is 0 Å². The maximum atomic E-state index is 12.2. The monoisotopic (exact) mass is 276 g/mol. The molecule has 1 aromatic carbocycles. The third-order valence-corrected chi connectivity index (χ3v) is 3.39. The number of benzene rings is 1. The summed E-state index contributed by atoms with van der Waals surface area (Å²) in [6, 6.07) is 9.84. The van der Waals surface area contributed by atoms with Gasteiger partial charge in [-0.1, -0.05) is 56.3 Å². The molecule has 0 spiro atoms. The van der Waals surface area contributed by atoms with E-state index in [1.807, 2.05) is 37.3 Å². The molecule has 0 amide bonds. The minimum absolute atomic E-state index is 0.00793. The van der Waals surface area contributed by atoms with Gasteiger partial charge in [0, 0.05) is 11.8 Å². The van der Waals surface area contributed by atoms with E-state index in [4.69, 9.17) is 4.74 Å². The fraction of sp³-hybridized carbons (Fsp3) is 0.471. The molecule has 1 rings (SSSR count). The molecule has 0 unspecified atom stereocenters. The Labute approximate surface area is 121 Å². The normalized spacial score (nSPS) is 15.4. The number of hydrogen-bond donors (Lipinski definition) is 1. The fourth-order valence-corrected chi connectivity index (χ4v) is 2.04. The van der Waals surface area contributed by atoms with Gasteiger partial charge in [0.15, 0.2) is 0 Å². The molecule has 3 nitrogen and oxygen atoms in total. The molecule has 3 atom stereocenters. The van der Waals surface area contributed by atoms with E-state index in [2.05, 4.69) is 6.58 Å². The average molecular weight is 276 g/mol. The number of ketones is 1. The first kappa shape index (κ1) is 16.6. The third kappa shape index (κ3) is 4.91. The molecule has 110 valence electrons. The summed E-state index contributed by atoms with van der Waals surface area (Å²) in [7, 11) is 0. The van der Waals surface area contributed by atoms with Crippen LogP contribution >= 0.6 is 0 Å². The molecule has 0 radical (unpaired) electrons. The summed E-state index contributed by atoms with van der Waals surface area (Å²) in [6.07, 6.45) is -0.779. The Kier molecular flexibility index (Phi) is 6.62. The van der Waals surface area contributed by atoms with Crippen LogP contribution in [0.15, 0.2) is 42.5 Å². The summed E-state index contributed by atoms with van der Waals surface area (Å²) in [5, 5.41) is 9.86. The highest BCUT2D eigenvalue weighted by molar-refractivity contribution is 5.83. The lowest BCUT2D eigenvalue weighted by atomic mass is 9.89. The van der Waals surface area contributed by atoms with Crippen LogP contribution in [0.4, 0.5) is 0 Å². The van der Waals surface area contributed by atoms with Crippen LogP contribution in [0.5, 0.6) is 0 Å². The van der Waals surface area contributed by atoms with E-state index in [-0.39, 0.29) is 11.7 Å². The molecule has 0 aliphatic rings. The quantitative estimate of drug-likeness (QED) is 0.742. The largest absolute Gasteiger partial charge is 0.388 e. The van der Waals surface area contributed by atoms with Crippen LogP contribution in [-0.4, -0.2) is 23.6 Å². The van der Waals surface area contributed by atoms with Gasteiger partial charge in [-0.05, 0) is 12.5 Å². The fourth-order valence-electron chi connectivity index (χ4n) is 2.04. The van der Waals surface area contributed by atoms with Crippen molar-refractivity contribution in [2.45, 2.75) is 33.5 Å². The minimum Gasteiger partial charge on any atom is -0.388 e. The topological polar surface area (TPSA) is 46.5 Å². The summed E-state index contributed by atoms with van der Waals surface area (Å²) in [5.74, 6) is -0.668. The van der Waals surface area contributed by atoms with Gasteiger partial charge in [0.1, 0.15) is 5.78 Å². The minimum atomic E-state index is -0.779. The molecule has 1 N–H and O–H groups in total. The summed E-state index contributed by atoms with van der Waals surface area (Å²) in [4.78, 5) is 12.2. The lowest BCUT2D eigenvalue weighted by molar-refractivity contribution is -0.130. The Morgan fingerprint density at radius 2 is 1.90 bits per heavy atom. The molecule has 20 heavy (non-hydrogen) atoms. The standard InChI is InChI=1S/C17H24O3/c1-12(2)16(18)14(4)17(19)13(3)10-20-11-15-8-6-5-7-9-15/h5-9,13-14,16,18H,1,10-11H2,2-4H3/t13-,14-,16-/m0/s1. The maximum Gasteiger partial charge on any atom is 0.143 e. The number of Topliss-reactive ketones (excluding diaryl/α,β-unsaturated/α-hetero) is 1. The van der Waals surface area contributed by atoms with Gasteiger partial charge < -0.3 is 9.84 Å². The van der Waals surface area contributed by atoms with Crippen molar-refractivity contribution in [2.75, 3.05) is 6.61 Å². The number of ether oxygens (including phenoxy) is 1. The molecule has 3 heteroatoms. The van der Waals surface area contributed by atoms with Crippen molar-refractivity contribution in [1.29, 1.82) is 0 Å². The van der Waals surface area contributed by atoms with E-state index in [0.29, 0.717) is 18.8 Å². The first-order valence-electron chi connectivity index (χ1n) is 6.92. The number of carbonyl (C=O) groups excluding carboxylic acids is 1. The van der Waals surface area contributed by atoms with Crippen LogP contribution in [0.1, 0.15) is 26.3 Å². The highest BCUT2D eigenvalue weighted by Crippen LogP contribution is 2.16. The second-order valence-corrected chi connectivity index (χ2v) is 5.38. The molecule has 0 saturated heterocycles. The lowest BCUT2D eigenvalue weighted by Gasteiger charge is -2.21. The van der Waals surface area contributed by atoms with Crippen LogP contribution in [0.2, 0.25) is 0 Å². The van der Waals surface area contributed by atoms with Crippen LogP contribution in [-0.2, 0) is 16.1 Å². The number of aliphatic hydroxyl groups is 1. The maximum absolute atomic E-state index is 12.2. The van der Waals surface area contributed by atoms with Gasteiger partial charge in [-0.25, -0.2) is 0 Å². The zero-order valence-corrected chi connectivity index (χ0v) is 12.5. The average Bonchev–Trinajstić information content (AvgIpc) is 2.45. The highest BCUT2D eigenvalue weighted by atomic mass is 16.5. The molecule has 0 aliphatic heterocycles. The van der Waals surface area contributed by atoms with E-state index >= 15 is 0 Å². The van der Waals surface area contributed by atoms with Crippen LogP contribution in [0, 0.1) is 11.8 Å². The summed E-state index contributed by atoms with van der Waals surface area (Å²) < 4.78 is 5.57. The van der Waals surface area contributed by atoms with Gasteiger partial charge in [0.25, 0.3) is 0 Å². The predicted octanol–water partition coefficient (Wildman–Crippen LogP) is 2.98. The first-order valence-corrected chi connectivity index (χ1v) is 6.92. The zero-order chi connectivity index (χ0) is 15.1. The van der Waals surface area contributed by atoms with E-state index in [9.17, 15) is 9.90 Å². The Bertz CT molecular complexity index is 439. The van der Waals surface area contributed by atoms with Crippen molar-refractivity contribution >= 4 is 5.78 Å². The Balaban J connectivity index is 2.40. The lowest BCUT2D eigenvalue weighted by Crippen LogP contribution is -2.32. The van der Waals surface area contributed by atoms with Gasteiger partial charge in [0.05, 0.1) is 19.3 Å². The van der Waals surface area contributed by atoms with Gasteiger partial charge in [0.2, 0.25) is 0 Å². The molecule has 0 aliphatic carbocycles. The van der Waals surface area contributed by atoms with Crippen LogP contribution in [0.3, 0.4) is 0 Å². The Hall–Kier alpha value is -1.45. The molecular formula is C17H24O3. The highest BCUT2D eigenvalue weighted by Gasteiger charge is 2.26. The molecular weight excluding hydrogens is 252 g/mol. The summed E-state index contributed by atoms with van der Waals surface area (Å²) in [6.45, 7) is 9.83. The van der Waals surface area contributed by atoms with Gasteiger partial charge in [-0.15, -0.1) is 0 Å². The summed E-state index contributed by atoms with van der Waals surface area (Å²) >= 11 is 0. The number of rotatable bonds is 8. The van der Waals surface area contributed by atoms with Crippen molar-refractivity contribution < 1.29 is 14.6 Å². The van der Waals surface area contributed by atoms with Gasteiger partial charge in [-0.3, -0.25) is 4.79 Å². The van der Waals surface area contributed by atoms with Gasteiger partial charge in [-0.2, -0.15) is 0 Å².